The zero-order valence-electron chi connectivity index (χ0n) is 10.6. The summed E-state index contributed by atoms with van der Waals surface area (Å²) in [6.45, 7) is 5.36. The fraction of sp³-hybridized carbons (Fsp3) is 0.500. The summed E-state index contributed by atoms with van der Waals surface area (Å²) in [7, 11) is 0. The lowest BCUT2D eigenvalue weighted by Crippen LogP contribution is -2.25. The maximum absolute atomic E-state index is 10.7. The van der Waals surface area contributed by atoms with Gasteiger partial charge in [-0.15, -0.1) is 0 Å². The molecule has 0 aromatic heterocycles. The molecule has 1 heterocycles. The van der Waals surface area contributed by atoms with E-state index >= 15 is 0 Å². The summed E-state index contributed by atoms with van der Waals surface area (Å²) < 4.78 is 5.85. The number of nitrogens with zero attached hydrogens (tertiary/aromatic N) is 1. The standard InChI is InChI=1S/C14H19NO3/c1-2-8-15-9-7-13(10-15)18-12-5-3-11(4-6-12)14(16)17/h3-6,13H,2,7-10H2,1H3,(H,16,17). The van der Waals surface area contributed by atoms with Crippen molar-refractivity contribution in [1.29, 1.82) is 0 Å². The molecule has 1 unspecified atom stereocenters. The van der Waals surface area contributed by atoms with Crippen LogP contribution in [0.3, 0.4) is 0 Å². The second kappa shape index (κ2) is 5.87. The lowest BCUT2D eigenvalue weighted by molar-refractivity contribution is 0.0697. The van der Waals surface area contributed by atoms with Gasteiger partial charge in [0.25, 0.3) is 0 Å². The van der Waals surface area contributed by atoms with E-state index in [9.17, 15) is 4.79 Å². The van der Waals surface area contributed by atoms with E-state index in [2.05, 4.69) is 11.8 Å². The summed E-state index contributed by atoms with van der Waals surface area (Å²) in [4.78, 5) is 13.1. The number of ether oxygens (including phenoxy) is 1. The van der Waals surface area contributed by atoms with Crippen molar-refractivity contribution in [3.8, 4) is 5.75 Å². The van der Waals surface area contributed by atoms with Crippen LogP contribution in [0, 0.1) is 0 Å². The van der Waals surface area contributed by atoms with Crippen LogP contribution in [0.25, 0.3) is 0 Å². The highest BCUT2D eigenvalue weighted by atomic mass is 16.5. The molecule has 4 nitrogen and oxygen atoms in total. The molecule has 1 N–H and O–H groups in total. The van der Waals surface area contributed by atoms with Gasteiger partial charge in [0.05, 0.1) is 5.56 Å². The van der Waals surface area contributed by atoms with Gasteiger partial charge >= 0.3 is 5.97 Å². The van der Waals surface area contributed by atoms with Gasteiger partial charge in [-0.2, -0.15) is 0 Å². The Hall–Kier alpha value is -1.55. The average molecular weight is 249 g/mol. The maximum Gasteiger partial charge on any atom is 0.335 e. The Kier molecular flexibility index (Phi) is 4.20. The number of carbonyl (C=O) groups is 1. The van der Waals surface area contributed by atoms with Gasteiger partial charge in [-0.25, -0.2) is 4.79 Å². The van der Waals surface area contributed by atoms with Gasteiger partial charge < -0.3 is 9.84 Å². The van der Waals surface area contributed by atoms with E-state index in [0.29, 0.717) is 5.56 Å². The van der Waals surface area contributed by atoms with E-state index in [4.69, 9.17) is 9.84 Å². The number of hydrogen-bond donors (Lipinski definition) is 1. The molecule has 1 aromatic rings. The van der Waals surface area contributed by atoms with Gasteiger partial charge in [0, 0.05) is 13.1 Å². The highest BCUT2D eigenvalue weighted by Crippen LogP contribution is 2.19. The molecular weight excluding hydrogens is 230 g/mol. The van der Waals surface area contributed by atoms with Crippen molar-refractivity contribution in [3.05, 3.63) is 29.8 Å². The highest BCUT2D eigenvalue weighted by molar-refractivity contribution is 5.87. The molecule has 1 aliphatic rings. The first-order valence-corrected chi connectivity index (χ1v) is 6.41. The topological polar surface area (TPSA) is 49.8 Å². The molecule has 1 atom stereocenters. The van der Waals surface area contributed by atoms with Crippen LogP contribution < -0.4 is 4.74 Å². The SMILES string of the molecule is CCCN1CCC(Oc2ccc(C(=O)O)cc2)C1. The largest absolute Gasteiger partial charge is 0.489 e. The van der Waals surface area contributed by atoms with Crippen molar-refractivity contribution in [2.75, 3.05) is 19.6 Å². The van der Waals surface area contributed by atoms with Gasteiger partial charge in [-0.05, 0) is 43.7 Å². The lowest BCUT2D eigenvalue weighted by Gasteiger charge is -2.16. The summed E-state index contributed by atoms with van der Waals surface area (Å²) >= 11 is 0. The minimum atomic E-state index is -0.906. The predicted octanol–water partition coefficient (Wildman–Crippen LogP) is 2.25. The highest BCUT2D eigenvalue weighted by Gasteiger charge is 2.23. The summed E-state index contributed by atoms with van der Waals surface area (Å²) in [5.74, 6) is -0.153. The van der Waals surface area contributed by atoms with Crippen LogP contribution in [-0.2, 0) is 0 Å². The molecule has 4 heteroatoms. The van der Waals surface area contributed by atoms with Crippen molar-refractivity contribution in [2.24, 2.45) is 0 Å². The third-order valence-corrected chi connectivity index (χ3v) is 3.17. The molecule has 18 heavy (non-hydrogen) atoms. The summed E-state index contributed by atoms with van der Waals surface area (Å²) in [5.41, 5.74) is 0.293. The van der Waals surface area contributed by atoms with E-state index in [1.54, 1.807) is 24.3 Å². The Morgan fingerprint density at radius 2 is 2.17 bits per heavy atom. The first-order valence-electron chi connectivity index (χ1n) is 6.41. The molecule has 2 rings (SSSR count). The molecule has 0 spiro atoms. The van der Waals surface area contributed by atoms with Crippen LogP contribution >= 0.6 is 0 Å². The molecule has 98 valence electrons. The van der Waals surface area contributed by atoms with Crippen LogP contribution in [-0.4, -0.2) is 41.7 Å². The number of rotatable bonds is 5. The van der Waals surface area contributed by atoms with Gasteiger partial charge in [-0.1, -0.05) is 6.92 Å². The normalized spacial score (nSPS) is 19.9. The molecule has 0 radical (unpaired) electrons. The summed E-state index contributed by atoms with van der Waals surface area (Å²) in [6.07, 6.45) is 2.44. The van der Waals surface area contributed by atoms with E-state index in [1.807, 2.05) is 0 Å². The molecule has 1 aromatic carbocycles. The summed E-state index contributed by atoms with van der Waals surface area (Å²) in [5, 5.41) is 8.81. The first kappa shape index (κ1) is 12.9. The van der Waals surface area contributed by atoms with E-state index in [1.165, 1.54) is 6.42 Å². The molecule has 0 saturated carbocycles. The van der Waals surface area contributed by atoms with Crippen LogP contribution in [0.1, 0.15) is 30.1 Å². The van der Waals surface area contributed by atoms with Crippen molar-refractivity contribution < 1.29 is 14.6 Å². The second-order valence-corrected chi connectivity index (χ2v) is 4.66. The van der Waals surface area contributed by atoms with Crippen LogP contribution in [0.2, 0.25) is 0 Å². The fourth-order valence-electron chi connectivity index (χ4n) is 2.28. The fourth-order valence-corrected chi connectivity index (χ4v) is 2.28. The van der Waals surface area contributed by atoms with Gasteiger partial charge in [0.2, 0.25) is 0 Å². The molecule has 0 bridgehead atoms. The Morgan fingerprint density at radius 3 is 2.78 bits per heavy atom. The van der Waals surface area contributed by atoms with Gasteiger partial charge in [-0.3, -0.25) is 4.90 Å². The van der Waals surface area contributed by atoms with E-state index < -0.39 is 5.97 Å². The maximum atomic E-state index is 10.7. The van der Waals surface area contributed by atoms with Crippen molar-refractivity contribution >= 4 is 5.97 Å². The minimum absolute atomic E-state index is 0.229. The van der Waals surface area contributed by atoms with Crippen molar-refractivity contribution in [2.45, 2.75) is 25.9 Å². The number of benzene rings is 1. The smallest absolute Gasteiger partial charge is 0.335 e. The average Bonchev–Trinajstić information content (AvgIpc) is 2.78. The van der Waals surface area contributed by atoms with Crippen LogP contribution in [0.15, 0.2) is 24.3 Å². The van der Waals surface area contributed by atoms with Crippen LogP contribution in [0.5, 0.6) is 5.75 Å². The first-order chi connectivity index (χ1) is 8.69. The Bertz CT molecular complexity index is 402. The molecule has 0 amide bonds. The minimum Gasteiger partial charge on any atom is -0.489 e. The Balaban J connectivity index is 1.88. The van der Waals surface area contributed by atoms with E-state index in [0.717, 1.165) is 31.8 Å². The Labute approximate surface area is 107 Å². The third kappa shape index (κ3) is 3.23. The Morgan fingerprint density at radius 1 is 1.44 bits per heavy atom. The zero-order chi connectivity index (χ0) is 13.0. The predicted molar refractivity (Wildman–Crippen MR) is 69.2 cm³/mol. The number of aromatic carboxylic acids is 1. The monoisotopic (exact) mass is 249 g/mol. The molecular formula is C14H19NO3. The zero-order valence-corrected chi connectivity index (χ0v) is 10.6. The quantitative estimate of drug-likeness (QED) is 0.869. The van der Waals surface area contributed by atoms with Crippen molar-refractivity contribution in [3.63, 3.8) is 0 Å². The number of hydrogen-bond acceptors (Lipinski definition) is 3. The summed E-state index contributed by atoms with van der Waals surface area (Å²) in [6, 6.07) is 6.62. The van der Waals surface area contributed by atoms with Crippen LogP contribution in [0.4, 0.5) is 0 Å². The number of carboxylic acids is 1. The van der Waals surface area contributed by atoms with E-state index in [-0.39, 0.29) is 6.10 Å². The van der Waals surface area contributed by atoms with Crippen molar-refractivity contribution in [1.82, 2.24) is 4.90 Å². The molecule has 1 aliphatic heterocycles. The molecule has 1 fully saturated rings. The third-order valence-electron chi connectivity index (χ3n) is 3.17. The van der Waals surface area contributed by atoms with Gasteiger partial charge in [0.1, 0.15) is 11.9 Å². The number of likely N-dealkylation sites (tertiary alicyclic amines) is 1. The number of carboxylic acid groups (broad SMARTS) is 1. The lowest BCUT2D eigenvalue weighted by atomic mass is 10.2. The molecule has 0 aliphatic carbocycles. The molecule has 1 saturated heterocycles. The second-order valence-electron chi connectivity index (χ2n) is 4.66. The van der Waals surface area contributed by atoms with Gasteiger partial charge in [0.15, 0.2) is 0 Å².